The van der Waals surface area contributed by atoms with Gasteiger partial charge in [0, 0.05) is 25.8 Å². The molecule has 0 bridgehead atoms. The van der Waals surface area contributed by atoms with Gasteiger partial charge in [0.2, 0.25) is 0 Å². The number of nitrogens with one attached hydrogen (secondary N) is 1. The molecule has 24 heavy (non-hydrogen) atoms. The van der Waals surface area contributed by atoms with Crippen LogP contribution in [0, 0.1) is 20.2 Å². The number of halogens is 4. The molecule has 0 unspecified atom stereocenters. The zero-order valence-electron chi connectivity index (χ0n) is 12.4. The maximum atomic E-state index is 12.9. The minimum absolute atomic E-state index is 0.0172. The lowest BCUT2D eigenvalue weighted by Gasteiger charge is -2.13. The van der Waals surface area contributed by atoms with Crippen molar-refractivity contribution in [3.05, 3.63) is 36.9 Å². The van der Waals surface area contributed by atoms with Gasteiger partial charge in [-0.15, -0.1) is 0 Å². The van der Waals surface area contributed by atoms with Gasteiger partial charge in [0.15, 0.2) is 5.69 Å². The molecule has 0 aliphatic rings. The fourth-order valence-corrected chi connectivity index (χ4v) is 2.18. The SMILES string of the molecule is CCOCCCNc1c([N+](=O)[O-])cc(C(F)(F)F)c(Cl)c1[N+](=O)[O-]. The third-order valence-corrected chi connectivity index (χ3v) is 3.26. The van der Waals surface area contributed by atoms with Crippen LogP contribution in [-0.4, -0.2) is 29.6 Å². The van der Waals surface area contributed by atoms with E-state index in [4.69, 9.17) is 16.3 Å². The predicted octanol–water partition coefficient (Wildman–Crippen LogP) is 4.01. The molecule has 0 saturated carbocycles. The first-order chi connectivity index (χ1) is 11.1. The molecule has 0 fully saturated rings. The van der Waals surface area contributed by atoms with Crippen LogP contribution in [0.25, 0.3) is 0 Å². The van der Waals surface area contributed by atoms with Gasteiger partial charge in [-0.25, -0.2) is 0 Å². The lowest BCUT2D eigenvalue weighted by atomic mass is 10.1. The van der Waals surface area contributed by atoms with Gasteiger partial charge in [-0.2, -0.15) is 13.2 Å². The molecule has 1 rings (SSSR count). The number of alkyl halides is 3. The van der Waals surface area contributed by atoms with E-state index in [1.54, 1.807) is 6.92 Å². The summed E-state index contributed by atoms with van der Waals surface area (Å²) in [6.07, 6.45) is -4.74. The molecular weight excluding hydrogens is 359 g/mol. The lowest BCUT2D eigenvalue weighted by molar-refractivity contribution is -0.392. The molecule has 0 aliphatic heterocycles. The number of nitro benzene ring substituents is 2. The third kappa shape index (κ3) is 4.68. The fourth-order valence-electron chi connectivity index (χ4n) is 1.86. The van der Waals surface area contributed by atoms with Crippen LogP contribution in [0.1, 0.15) is 18.9 Å². The molecular formula is C12H13ClF3N3O5. The van der Waals surface area contributed by atoms with Crippen LogP contribution in [0.5, 0.6) is 0 Å². The summed E-state index contributed by atoms with van der Waals surface area (Å²) in [6, 6.07) is 0.181. The molecule has 0 heterocycles. The number of nitro groups is 2. The minimum atomic E-state index is -5.07. The summed E-state index contributed by atoms with van der Waals surface area (Å²) in [5, 5.41) is 23.3. The zero-order chi connectivity index (χ0) is 18.5. The Kier molecular flexibility index (Phi) is 6.72. The molecule has 0 aliphatic carbocycles. The van der Waals surface area contributed by atoms with Gasteiger partial charge in [-0.05, 0) is 13.3 Å². The van der Waals surface area contributed by atoms with Crippen molar-refractivity contribution in [2.24, 2.45) is 0 Å². The largest absolute Gasteiger partial charge is 0.418 e. The Morgan fingerprint density at radius 3 is 2.38 bits per heavy atom. The topological polar surface area (TPSA) is 108 Å². The number of hydrogen-bond acceptors (Lipinski definition) is 6. The van der Waals surface area contributed by atoms with E-state index in [2.05, 4.69) is 5.32 Å². The minimum Gasteiger partial charge on any atom is -0.382 e. The maximum absolute atomic E-state index is 12.9. The van der Waals surface area contributed by atoms with Crippen LogP contribution < -0.4 is 5.32 Å². The number of ether oxygens (including phenoxy) is 1. The molecule has 1 aromatic carbocycles. The van der Waals surface area contributed by atoms with Gasteiger partial charge in [-0.3, -0.25) is 20.2 Å². The molecule has 0 radical (unpaired) electrons. The summed E-state index contributed by atoms with van der Waals surface area (Å²) in [4.78, 5) is 19.8. The monoisotopic (exact) mass is 371 g/mol. The molecule has 0 atom stereocenters. The molecule has 0 aromatic heterocycles. The van der Waals surface area contributed by atoms with Gasteiger partial charge in [0.25, 0.3) is 5.69 Å². The molecule has 0 spiro atoms. The second-order valence-electron chi connectivity index (χ2n) is 4.47. The number of benzene rings is 1. The molecule has 8 nitrogen and oxygen atoms in total. The highest BCUT2D eigenvalue weighted by Gasteiger charge is 2.41. The molecule has 0 amide bonds. The van der Waals surface area contributed by atoms with Crippen molar-refractivity contribution in [2.75, 3.05) is 25.1 Å². The van der Waals surface area contributed by atoms with E-state index >= 15 is 0 Å². The number of rotatable bonds is 8. The average molecular weight is 372 g/mol. The molecule has 1 N–H and O–H groups in total. The van der Waals surface area contributed by atoms with Gasteiger partial charge >= 0.3 is 11.9 Å². The third-order valence-electron chi connectivity index (χ3n) is 2.87. The predicted molar refractivity (Wildman–Crippen MR) is 79.4 cm³/mol. The van der Waals surface area contributed by atoms with E-state index in [-0.39, 0.29) is 19.2 Å². The van der Waals surface area contributed by atoms with E-state index in [1.807, 2.05) is 0 Å². The second-order valence-corrected chi connectivity index (χ2v) is 4.85. The Balaban J connectivity index is 3.36. The van der Waals surface area contributed by atoms with Crippen molar-refractivity contribution in [1.82, 2.24) is 0 Å². The Morgan fingerprint density at radius 2 is 1.92 bits per heavy atom. The van der Waals surface area contributed by atoms with E-state index in [0.717, 1.165) is 0 Å². The summed E-state index contributed by atoms with van der Waals surface area (Å²) in [5.74, 6) is 0. The lowest BCUT2D eigenvalue weighted by Crippen LogP contribution is -2.13. The van der Waals surface area contributed by atoms with Crippen molar-refractivity contribution in [3.63, 3.8) is 0 Å². The first-order valence-corrected chi connectivity index (χ1v) is 7.03. The van der Waals surface area contributed by atoms with Crippen LogP contribution in [0.15, 0.2) is 6.07 Å². The van der Waals surface area contributed by atoms with E-state index in [0.29, 0.717) is 13.0 Å². The van der Waals surface area contributed by atoms with E-state index in [1.165, 1.54) is 0 Å². The fraction of sp³-hybridized carbons (Fsp3) is 0.500. The molecule has 134 valence electrons. The molecule has 12 heteroatoms. The number of anilines is 1. The summed E-state index contributed by atoms with van der Waals surface area (Å²) < 4.78 is 43.7. The zero-order valence-corrected chi connectivity index (χ0v) is 13.1. The van der Waals surface area contributed by atoms with E-state index < -0.39 is 43.7 Å². The van der Waals surface area contributed by atoms with Crippen molar-refractivity contribution < 1.29 is 27.8 Å². The van der Waals surface area contributed by atoms with Crippen molar-refractivity contribution in [2.45, 2.75) is 19.5 Å². The summed E-state index contributed by atoms with van der Waals surface area (Å²) in [5.41, 5.74) is -4.56. The maximum Gasteiger partial charge on any atom is 0.418 e. The highest BCUT2D eigenvalue weighted by molar-refractivity contribution is 6.34. The van der Waals surface area contributed by atoms with Gasteiger partial charge < -0.3 is 10.1 Å². The molecule has 0 saturated heterocycles. The Bertz CT molecular complexity index is 639. The Labute approximate surface area is 138 Å². The van der Waals surface area contributed by atoms with Crippen molar-refractivity contribution in [3.8, 4) is 0 Å². The summed E-state index contributed by atoms with van der Waals surface area (Å²) in [7, 11) is 0. The number of hydrogen-bond donors (Lipinski definition) is 1. The quantitative estimate of drug-likeness (QED) is 0.420. The Hall–Kier alpha value is -2.14. The second kappa shape index (κ2) is 8.11. The standard InChI is InChI=1S/C12H13ClF3N3O5/c1-2-24-5-3-4-17-10-8(18(20)21)6-7(12(14,15)16)9(13)11(10)19(22)23/h6,17H,2-5H2,1H3. The van der Waals surface area contributed by atoms with Crippen LogP contribution in [0.3, 0.4) is 0 Å². The smallest absolute Gasteiger partial charge is 0.382 e. The van der Waals surface area contributed by atoms with Crippen molar-refractivity contribution >= 4 is 28.7 Å². The van der Waals surface area contributed by atoms with Gasteiger partial charge in [-0.1, -0.05) is 11.6 Å². The van der Waals surface area contributed by atoms with Gasteiger partial charge in [0.1, 0.15) is 5.02 Å². The average Bonchev–Trinajstić information content (AvgIpc) is 2.44. The van der Waals surface area contributed by atoms with Crippen LogP contribution >= 0.6 is 11.6 Å². The number of nitrogens with zero attached hydrogens (tertiary/aromatic N) is 2. The van der Waals surface area contributed by atoms with Crippen LogP contribution in [0.2, 0.25) is 5.02 Å². The van der Waals surface area contributed by atoms with Gasteiger partial charge in [0.05, 0.1) is 15.4 Å². The first kappa shape index (κ1) is 19.9. The summed E-state index contributed by atoms with van der Waals surface area (Å²) in [6.45, 7) is 2.48. The van der Waals surface area contributed by atoms with Crippen LogP contribution in [0.4, 0.5) is 30.2 Å². The highest BCUT2D eigenvalue weighted by atomic mass is 35.5. The van der Waals surface area contributed by atoms with Crippen LogP contribution in [-0.2, 0) is 10.9 Å². The van der Waals surface area contributed by atoms with E-state index in [9.17, 15) is 33.4 Å². The first-order valence-electron chi connectivity index (χ1n) is 6.65. The van der Waals surface area contributed by atoms with Crippen molar-refractivity contribution in [1.29, 1.82) is 0 Å². The summed E-state index contributed by atoms with van der Waals surface area (Å²) >= 11 is 5.48. The normalized spacial score (nSPS) is 11.4. The Morgan fingerprint density at radius 1 is 1.29 bits per heavy atom. The highest BCUT2D eigenvalue weighted by Crippen LogP contribution is 2.47. The molecule has 1 aromatic rings.